The average Bonchev–Trinajstić information content (AvgIpc) is 2.21. The summed E-state index contributed by atoms with van der Waals surface area (Å²) >= 11 is 0. The van der Waals surface area contributed by atoms with E-state index in [0.717, 1.165) is 12.1 Å². The highest BCUT2D eigenvalue weighted by atomic mass is 15.2. The van der Waals surface area contributed by atoms with Gasteiger partial charge in [0.15, 0.2) is 0 Å². The van der Waals surface area contributed by atoms with Crippen LogP contribution in [0.3, 0.4) is 0 Å². The Labute approximate surface area is 96.2 Å². The lowest BCUT2D eigenvalue weighted by atomic mass is 9.97. The van der Waals surface area contributed by atoms with Crippen LogP contribution in [-0.2, 0) is 0 Å². The lowest BCUT2D eigenvalue weighted by Crippen LogP contribution is -2.44. The van der Waals surface area contributed by atoms with Crippen molar-refractivity contribution in [2.24, 2.45) is 0 Å². The van der Waals surface area contributed by atoms with Crippen molar-refractivity contribution in [3.63, 3.8) is 0 Å². The van der Waals surface area contributed by atoms with Gasteiger partial charge in [0.1, 0.15) is 0 Å². The zero-order valence-electron chi connectivity index (χ0n) is 11.0. The van der Waals surface area contributed by atoms with Gasteiger partial charge in [0.05, 0.1) is 0 Å². The van der Waals surface area contributed by atoms with E-state index in [0.29, 0.717) is 0 Å². The van der Waals surface area contributed by atoms with Crippen LogP contribution in [0.2, 0.25) is 0 Å². The third-order valence-corrected chi connectivity index (χ3v) is 3.90. The van der Waals surface area contributed by atoms with Gasteiger partial charge in [-0.05, 0) is 39.7 Å². The molecule has 0 aromatic rings. The SMILES string of the molecule is CCCCCCCN1[C@@H](C)CCC[C@@H]1C. The van der Waals surface area contributed by atoms with Crippen LogP contribution in [0.15, 0.2) is 0 Å². The Balaban J connectivity index is 2.12. The van der Waals surface area contributed by atoms with Crippen LogP contribution in [0.25, 0.3) is 0 Å². The first-order valence-corrected chi connectivity index (χ1v) is 7.01. The molecule has 0 aromatic carbocycles. The minimum Gasteiger partial charge on any atom is -0.298 e. The fourth-order valence-electron chi connectivity index (χ4n) is 2.81. The van der Waals surface area contributed by atoms with Gasteiger partial charge in [-0.1, -0.05) is 39.0 Å². The Morgan fingerprint density at radius 3 is 2.13 bits per heavy atom. The molecular weight excluding hydrogens is 182 g/mol. The molecule has 1 nitrogen and oxygen atoms in total. The molecule has 1 rings (SSSR count). The van der Waals surface area contributed by atoms with Crippen LogP contribution in [0.4, 0.5) is 0 Å². The molecule has 0 aliphatic carbocycles. The summed E-state index contributed by atoms with van der Waals surface area (Å²) in [6, 6.07) is 1.67. The van der Waals surface area contributed by atoms with Gasteiger partial charge in [-0.15, -0.1) is 0 Å². The van der Waals surface area contributed by atoms with Crippen LogP contribution in [-0.4, -0.2) is 23.5 Å². The van der Waals surface area contributed by atoms with E-state index in [9.17, 15) is 0 Å². The lowest BCUT2D eigenvalue weighted by molar-refractivity contribution is 0.101. The van der Waals surface area contributed by atoms with Gasteiger partial charge in [-0.2, -0.15) is 0 Å². The first-order valence-electron chi connectivity index (χ1n) is 7.01. The zero-order valence-corrected chi connectivity index (χ0v) is 11.0. The van der Waals surface area contributed by atoms with Gasteiger partial charge in [-0.3, -0.25) is 4.90 Å². The molecule has 0 radical (unpaired) electrons. The van der Waals surface area contributed by atoms with Crippen molar-refractivity contribution < 1.29 is 0 Å². The van der Waals surface area contributed by atoms with Crippen molar-refractivity contribution in [1.82, 2.24) is 4.90 Å². The summed E-state index contributed by atoms with van der Waals surface area (Å²) in [5.41, 5.74) is 0. The summed E-state index contributed by atoms with van der Waals surface area (Å²) in [5, 5.41) is 0. The molecule has 0 aromatic heterocycles. The number of piperidine rings is 1. The van der Waals surface area contributed by atoms with Gasteiger partial charge < -0.3 is 0 Å². The molecule has 0 amide bonds. The van der Waals surface area contributed by atoms with Crippen molar-refractivity contribution in [2.45, 2.75) is 84.2 Å². The lowest BCUT2D eigenvalue weighted by Gasteiger charge is -2.39. The van der Waals surface area contributed by atoms with Gasteiger partial charge in [0.25, 0.3) is 0 Å². The van der Waals surface area contributed by atoms with Crippen molar-refractivity contribution in [1.29, 1.82) is 0 Å². The Hall–Kier alpha value is -0.0400. The van der Waals surface area contributed by atoms with Crippen molar-refractivity contribution >= 4 is 0 Å². The predicted octanol–water partition coefficient (Wildman–Crippen LogP) is 4.22. The number of nitrogens with zero attached hydrogens (tertiary/aromatic N) is 1. The van der Waals surface area contributed by atoms with E-state index in [2.05, 4.69) is 25.7 Å². The standard InChI is InChI=1S/C14H29N/c1-4-5-6-7-8-12-15-13(2)10-9-11-14(15)3/h13-14H,4-12H2,1-3H3/t13-,14-/m0/s1. The second-order valence-corrected chi connectivity index (χ2v) is 5.28. The Kier molecular flexibility index (Phi) is 6.31. The molecule has 1 aliphatic rings. The van der Waals surface area contributed by atoms with E-state index >= 15 is 0 Å². The van der Waals surface area contributed by atoms with Gasteiger partial charge in [0, 0.05) is 12.1 Å². The summed E-state index contributed by atoms with van der Waals surface area (Å²) in [6.45, 7) is 8.43. The normalized spacial score (nSPS) is 28.2. The number of likely N-dealkylation sites (tertiary alicyclic amines) is 1. The highest BCUT2D eigenvalue weighted by Crippen LogP contribution is 2.22. The Morgan fingerprint density at radius 2 is 1.53 bits per heavy atom. The highest BCUT2D eigenvalue weighted by molar-refractivity contribution is 4.79. The quantitative estimate of drug-likeness (QED) is 0.595. The Bertz CT molecular complexity index is 145. The molecule has 0 spiro atoms. The topological polar surface area (TPSA) is 3.24 Å². The highest BCUT2D eigenvalue weighted by Gasteiger charge is 2.23. The van der Waals surface area contributed by atoms with Gasteiger partial charge in [-0.25, -0.2) is 0 Å². The molecule has 0 unspecified atom stereocenters. The van der Waals surface area contributed by atoms with Crippen molar-refractivity contribution in [3.05, 3.63) is 0 Å². The fraction of sp³-hybridized carbons (Fsp3) is 1.00. The summed E-state index contributed by atoms with van der Waals surface area (Å²) in [4.78, 5) is 2.73. The molecule has 0 N–H and O–H groups in total. The molecule has 2 atom stereocenters. The maximum atomic E-state index is 2.73. The maximum Gasteiger partial charge on any atom is 0.00697 e. The molecule has 1 heteroatoms. The monoisotopic (exact) mass is 211 g/mol. The fourth-order valence-corrected chi connectivity index (χ4v) is 2.81. The minimum atomic E-state index is 0.833. The van der Waals surface area contributed by atoms with Gasteiger partial charge in [0.2, 0.25) is 0 Å². The van der Waals surface area contributed by atoms with E-state index in [1.807, 2.05) is 0 Å². The molecule has 1 saturated heterocycles. The second kappa shape index (κ2) is 7.27. The predicted molar refractivity (Wildman–Crippen MR) is 68.2 cm³/mol. The zero-order chi connectivity index (χ0) is 11.1. The van der Waals surface area contributed by atoms with Crippen molar-refractivity contribution in [3.8, 4) is 0 Å². The van der Waals surface area contributed by atoms with Crippen LogP contribution >= 0.6 is 0 Å². The summed E-state index contributed by atoms with van der Waals surface area (Å²) in [6.07, 6.45) is 11.3. The van der Waals surface area contributed by atoms with E-state index in [-0.39, 0.29) is 0 Å². The van der Waals surface area contributed by atoms with E-state index in [1.165, 1.54) is 57.9 Å². The van der Waals surface area contributed by atoms with Crippen molar-refractivity contribution in [2.75, 3.05) is 6.54 Å². The molecule has 0 saturated carbocycles. The molecular formula is C14H29N. The first kappa shape index (κ1) is 13.0. The molecule has 1 fully saturated rings. The largest absolute Gasteiger partial charge is 0.298 e. The molecule has 90 valence electrons. The van der Waals surface area contributed by atoms with Gasteiger partial charge >= 0.3 is 0 Å². The second-order valence-electron chi connectivity index (χ2n) is 5.28. The van der Waals surface area contributed by atoms with Crippen LogP contribution in [0.5, 0.6) is 0 Å². The molecule has 0 bridgehead atoms. The maximum absolute atomic E-state index is 2.73. The third-order valence-electron chi connectivity index (χ3n) is 3.90. The number of hydrogen-bond acceptors (Lipinski definition) is 1. The molecule has 15 heavy (non-hydrogen) atoms. The van der Waals surface area contributed by atoms with E-state index < -0.39 is 0 Å². The summed E-state index contributed by atoms with van der Waals surface area (Å²) < 4.78 is 0. The van der Waals surface area contributed by atoms with Crippen LogP contribution in [0.1, 0.15) is 72.1 Å². The average molecular weight is 211 g/mol. The summed E-state index contributed by atoms with van der Waals surface area (Å²) in [7, 11) is 0. The number of rotatable bonds is 6. The molecule has 1 aliphatic heterocycles. The number of unbranched alkanes of at least 4 members (excludes halogenated alkanes) is 4. The van der Waals surface area contributed by atoms with E-state index in [4.69, 9.17) is 0 Å². The van der Waals surface area contributed by atoms with Crippen LogP contribution in [0, 0.1) is 0 Å². The first-order chi connectivity index (χ1) is 7.25. The number of hydrogen-bond donors (Lipinski definition) is 0. The van der Waals surface area contributed by atoms with Crippen LogP contribution < -0.4 is 0 Å². The smallest absolute Gasteiger partial charge is 0.00697 e. The molecule has 1 heterocycles. The Morgan fingerprint density at radius 1 is 0.933 bits per heavy atom. The third kappa shape index (κ3) is 4.55. The minimum absolute atomic E-state index is 0.833. The summed E-state index contributed by atoms with van der Waals surface area (Å²) in [5.74, 6) is 0. The van der Waals surface area contributed by atoms with E-state index in [1.54, 1.807) is 0 Å².